The van der Waals surface area contributed by atoms with E-state index in [0.29, 0.717) is 11.0 Å². The van der Waals surface area contributed by atoms with Crippen LogP contribution in [0.5, 0.6) is 0 Å². The molecule has 0 radical (unpaired) electrons. The van der Waals surface area contributed by atoms with Crippen molar-refractivity contribution in [2.24, 2.45) is 0 Å². The van der Waals surface area contributed by atoms with E-state index in [9.17, 15) is 4.79 Å². The van der Waals surface area contributed by atoms with E-state index < -0.39 is 0 Å². The Morgan fingerprint density at radius 1 is 1.35 bits per heavy atom. The highest BCUT2D eigenvalue weighted by Crippen LogP contribution is 2.20. The molecule has 1 aromatic carbocycles. The number of thioether (sulfide) groups is 1. The van der Waals surface area contributed by atoms with Crippen LogP contribution in [0.1, 0.15) is 29.3 Å². The number of Topliss-reactive ketones (excluding diaryl/α,β-unsaturated/α-hetero) is 1. The molecule has 1 fully saturated rings. The summed E-state index contributed by atoms with van der Waals surface area (Å²) in [5.74, 6) is 0.797. The van der Waals surface area contributed by atoms with Gasteiger partial charge in [0.15, 0.2) is 5.78 Å². The number of benzene rings is 1. The number of carbonyl (C=O) groups excluding carboxylic acids is 1. The summed E-state index contributed by atoms with van der Waals surface area (Å²) in [5.41, 5.74) is 2.14. The summed E-state index contributed by atoms with van der Waals surface area (Å²) in [4.78, 5) is 11.9. The SMILES string of the molecule is CCCc1ccc(C(=O)CSC2COC2)cc1. The summed E-state index contributed by atoms with van der Waals surface area (Å²) in [6.07, 6.45) is 2.23. The maximum atomic E-state index is 11.9. The molecule has 0 aromatic heterocycles. The van der Waals surface area contributed by atoms with Crippen LogP contribution in [0.4, 0.5) is 0 Å². The van der Waals surface area contributed by atoms with Crippen molar-refractivity contribution < 1.29 is 9.53 Å². The van der Waals surface area contributed by atoms with Crippen LogP contribution >= 0.6 is 11.8 Å². The Morgan fingerprint density at radius 2 is 2.06 bits per heavy atom. The molecule has 17 heavy (non-hydrogen) atoms. The Labute approximate surface area is 107 Å². The predicted octanol–water partition coefficient (Wildman–Crippen LogP) is 2.95. The topological polar surface area (TPSA) is 26.3 Å². The third-order valence-electron chi connectivity index (χ3n) is 2.87. The van der Waals surface area contributed by atoms with E-state index in [-0.39, 0.29) is 5.78 Å². The van der Waals surface area contributed by atoms with Crippen molar-refractivity contribution in [2.45, 2.75) is 25.0 Å². The summed E-state index contributed by atoms with van der Waals surface area (Å²) in [6.45, 7) is 3.76. The van der Waals surface area contributed by atoms with Crippen LogP contribution < -0.4 is 0 Å². The minimum absolute atomic E-state index is 0.227. The van der Waals surface area contributed by atoms with Gasteiger partial charge in [0.2, 0.25) is 0 Å². The Bertz CT molecular complexity index is 368. The van der Waals surface area contributed by atoms with Gasteiger partial charge in [-0.3, -0.25) is 4.79 Å². The number of carbonyl (C=O) groups is 1. The lowest BCUT2D eigenvalue weighted by atomic mass is 10.1. The first-order chi connectivity index (χ1) is 8.29. The molecule has 0 spiro atoms. The zero-order valence-electron chi connectivity index (χ0n) is 10.1. The van der Waals surface area contributed by atoms with Gasteiger partial charge in [0.1, 0.15) is 0 Å². The fourth-order valence-corrected chi connectivity index (χ4v) is 2.67. The molecule has 2 rings (SSSR count). The van der Waals surface area contributed by atoms with Crippen LogP contribution in [0.2, 0.25) is 0 Å². The van der Waals surface area contributed by atoms with Crippen molar-refractivity contribution in [1.82, 2.24) is 0 Å². The molecule has 0 bridgehead atoms. The van der Waals surface area contributed by atoms with Crippen LogP contribution in [0.25, 0.3) is 0 Å². The molecule has 0 N–H and O–H groups in total. The van der Waals surface area contributed by atoms with Crippen molar-refractivity contribution >= 4 is 17.5 Å². The van der Waals surface area contributed by atoms with Crippen molar-refractivity contribution in [1.29, 1.82) is 0 Å². The van der Waals surface area contributed by atoms with E-state index in [1.807, 2.05) is 12.1 Å². The first-order valence-electron chi connectivity index (χ1n) is 6.11. The second-order valence-electron chi connectivity index (χ2n) is 4.34. The molecule has 0 saturated carbocycles. The predicted molar refractivity (Wildman–Crippen MR) is 71.8 cm³/mol. The Hall–Kier alpha value is -0.800. The molecule has 0 atom stereocenters. The van der Waals surface area contributed by atoms with Crippen molar-refractivity contribution in [3.05, 3.63) is 35.4 Å². The van der Waals surface area contributed by atoms with Gasteiger partial charge in [-0.05, 0) is 12.0 Å². The summed E-state index contributed by atoms with van der Waals surface area (Å²) in [5, 5.41) is 0.526. The van der Waals surface area contributed by atoms with Gasteiger partial charge in [0, 0.05) is 5.56 Å². The zero-order chi connectivity index (χ0) is 12.1. The van der Waals surface area contributed by atoms with Gasteiger partial charge in [0.05, 0.1) is 24.2 Å². The van der Waals surface area contributed by atoms with Crippen molar-refractivity contribution in [3.8, 4) is 0 Å². The van der Waals surface area contributed by atoms with Gasteiger partial charge in [0.25, 0.3) is 0 Å². The molecule has 0 unspecified atom stereocenters. The summed E-state index contributed by atoms with van der Waals surface area (Å²) >= 11 is 1.71. The Balaban J connectivity index is 1.84. The molecule has 1 aromatic rings. The van der Waals surface area contributed by atoms with E-state index in [1.54, 1.807) is 11.8 Å². The standard InChI is InChI=1S/C14H18O2S/c1-2-3-11-4-6-12(7-5-11)14(15)10-17-13-8-16-9-13/h4-7,13H,2-3,8-10H2,1H3. The molecule has 2 nitrogen and oxygen atoms in total. The second-order valence-corrected chi connectivity index (χ2v) is 5.63. The lowest BCUT2D eigenvalue weighted by Gasteiger charge is -2.24. The summed E-state index contributed by atoms with van der Waals surface area (Å²) < 4.78 is 5.08. The van der Waals surface area contributed by atoms with Crippen LogP contribution in [0, 0.1) is 0 Å². The molecule has 0 aliphatic carbocycles. The van der Waals surface area contributed by atoms with Crippen molar-refractivity contribution in [3.63, 3.8) is 0 Å². The number of hydrogen-bond acceptors (Lipinski definition) is 3. The van der Waals surface area contributed by atoms with Gasteiger partial charge < -0.3 is 4.74 Å². The van der Waals surface area contributed by atoms with Crippen LogP contribution in [0.3, 0.4) is 0 Å². The fraction of sp³-hybridized carbons (Fsp3) is 0.500. The summed E-state index contributed by atoms with van der Waals surface area (Å²) in [6, 6.07) is 8.03. The monoisotopic (exact) mass is 250 g/mol. The van der Waals surface area contributed by atoms with Crippen LogP contribution in [-0.2, 0) is 11.2 Å². The minimum Gasteiger partial charge on any atom is -0.379 e. The first kappa shape index (κ1) is 12.7. The minimum atomic E-state index is 0.227. The quantitative estimate of drug-likeness (QED) is 0.726. The smallest absolute Gasteiger partial charge is 0.172 e. The Morgan fingerprint density at radius 3 is 2.59 bits per heavy atom. The van der Waals surface area contributed by atoms with E-state index in [4.69, 9.17) is 4.74 Å². The highest BCUT2D eigenvalue weighted by molar-refractivity contribution is 8.00. The van der Waals surface area contributed by atoms with E-state index in [0.717, 1.165) is 31.6 Å². The van der Waals surface area contributed by atoms with Gasteiger partial charge in [-0.2, -0.15) is 0 Å². The second kappa shape index (κ2) is 6.22. The first-order valence-corrected chi connectivity index (χ1v) is 7.16. The average Bonchev–Trinajstić information content (AvgIpc) is 2.28. The molecule has 3 heteroatoms. The number of ether oxygens (including phenoxy) is 1. The largest absolute Gasteiger partial charge is 0.379 e. The third-order valence-corrected chi connectivity index (χ3v) is 4.04. The number of aryl methyl sites for hydroxylation is 1. The summed E-state index contributed by atoms with van der Waals surface area (Å²) in [7, 11) is 0. The van der Waals surface area contributed by atoms with Crippen LogP contribution in [0.15, 0.2) is 24.3 Å². The Kier molecular flexibility index (Phi) is 4.63. The molecule has 1 aliphatic heterocycles. The number of rotatable bonds is 6. The highest BCUT2D eigenvalue weighted by atomic mass is 32.2. The van der Waals surface area contributed by atoms with Gasteiger partial charge in [-0.25, -0.2) is 0 Å². The molecular weight excluding hydrogens is 232 g/mol. The van der Waals surface area contributed by atoms with E-state index in [1.165, 1.54) is 5.56 Å². The molecule has 92 valence electrons. The molecule has 1 heterocycles. The molecule has 1 saturated heterocycles. The van der Waals surface area contributed by atoms with E-state index in [2.05, 4.69) is 19.1 Å². The normalized spacial score (nSPS) is 15.6. The fourth-order valence-electron chi connectivity index (χ4n) is 1.73. The number of hydrogen-bond donors (Lipinski definition) is 0. The lowest BCUT2D eigenvalue weighted by Crippen LogP contribution is -2.31. The molecule has 0 amide bonds. The van der Waals surface area contributed by atoms with Gasteiger partial charge >= 0.3 is 0 Å². The van der Waals surface area contributed by atoms with Gasteiger partial charge in [-0.1, -0.05) is 37.6 Å². The maximum absolute atomic E-state index is 11.9. The third kappa shape index (κ3) is 3.58. The zero-order valence-corrected chi connectivity index (χ0v) is 11.0. The lowest BCUT2D eigenvalue weighted by molar-refractivity contribution is 0.0455. The van der Waals surface area contributed by atoms with Crippen molar-refractivity contribution in [2.75, 3.05) is 19.0 Å². The maximum Gasteiger partial charge on any atom is 0.172 e. The highest BCUT2D eigenvalue weighted by Gasteiger charge is 2.20. The van der Waals surface area contributed by atoms with Gasteiger partial charge in [-0.15, -0.1) is 11.8 Å². The molecule has 1 aliphatic rings. The van der Waals surface area contributed by atoms with Crippen LogP contribution in [-0.4, -0.2) is 30.0 Å². The average molecular weight is 250 g/mol. The molecular formula is C14H18O2S. The number of ketones is 1. The van der Waals surface area contributed by atoms with E-state index >= 15 is 0 Å².